The highest BCUT2D eigenvalue weighted by atomic mass is 16.6. The highest BCUT2D eigenvalue weighted by molar-refractivity contribution is 5.95. The number of methoxy groups -OCH3 is 3. The van der Waals surface area contributed by atoms with Gasteiger partial charge in [0.25, 0.3) is 0 Å². The molecule has 0 spiro atoms. The van der Waals surface area contributed by atoms with E-state index in [9.17, 15) is 28.8 Å². The molecule has 0 aliphatic heterocycles. The molecular weight excluding hydrogens is 552 g/mol. The minimum atomic E-state index is -1.23. The van der Waals surface area contributed by atoms with Gasteiger partial charge in [-0.15, -0.1) is 0 Å². The number of carbonyl (C=O) groups excluding carboxylic acids is 6. The molecule has 3 rings (SSSR count). The first-order valence-corrected chi connectivity index (χ1v) is 12.3. The molecule has 0 fully saturated rings. The molecule has 3 aromatic carbocycles. The Bertz CT molecular complexity index is 1370. The summed E-state index contributed by atoms with van der Waals surface area (Å²) < 4.78 is 29.9. The lowest BCUT2D eigenvalue weighted by molar-refractivity contribution is -0.0253. The van der Waals surface area contributed by atoms with Crippen LogP contribution in [0, 0.1) is 0 Å². The van der Waals surface area contributed by atoms with Gasteiger partial charge in [-0.25, -0.2) is 28.8 Å². The van der Waals surface area contributed by atoms with Crippen LogP contribution in [0.2, 0.25) is 0 Å². The largest absolute Gasteiger partial charge is 0.465 e. The van der Waals surface area contributed by atoms with Crippen molar-refractivity contribution in [3.63, 3.8) is 0 Å². The van der Waals surface area contributed by atoms with E-state index in [0.717, 1.165) is 0 Å². The molecule has 0 bridgehead atoms. The van der Waals surface area contributed by atoms with E-state index in [-0.39, 0.29) is 33.4 Å². The lowest BCUT2D eigenvalue weighted by Gasteiger charge is -2.18. The second kappa shape index (κ2) is 14.7. The zero-order chi connectivity index (χ0) is 30.6. The molecule has 0 aliphatic rings. The molecule has 218 valence electrons. The van der Waals surface area contributed by atoms with Crippen molar-refractivity contribution in [3.8, 4) is 0 Å². The Balaban J connectivity index is 1.70. The number of esters is 6. The maximum atomic E-state index is 12.8. The zero-order valence-electron chi connectivity index (χ0n) is 22.8. The second-order valence-corrected chi connectivity index (χ2v) is 8.43. The maximum Gasteiger partial charge on any atom is 0.338 e. The molecule has 0 atom stereocenters. The van der Waals surface area contributed by atoms with E-state index < -0.39 is 55.1 Å². The van der Waals surface area contributed by atoms with E-state index >= 15 is 0 Å². The molecule has 0 unspecified atom stereocenters. The van der Waals surface area contributed by atoms with Crippen LogP contribution in [-0.2, 0) is 28.4 Å². The SMILES string of the molecule is COC(=O)c1ccc(C(=O)OCC(COC(=O)c2ccc(C(=O)OC)cc2)OC(=O)c2ccc(C(=O)OC)cc2)cc1. The third-order valence-electron chi connectivity index (χ3n) is 5.70. The molecule has 12 heteroatoms. The Labute approximate surface area is 240 Å². The number of carbonyl (C=O) groups is 6. The number of ether oxygens (including phenoxy) is 6. The minimum Gasteiger partial charge on any atom is -0.465 e. The van der Waals surface area contributed by atoms with Crippen LogP contribution in [0.15, 0.2) is 72.8 Å². The van der Waals surface area contributed by atoms with Crippen LogP contribution in [0.3, 0.4) is 0 Å². The van der Waals surface area contributed by atoms with Crippen molar-refractivity contribution in [2.24, 2.45) is 0 Å². The summed E-state index contributed by atoms with van der Waals surface area (Å²) in [5.41, 5.74) is 0.950. The van der Waals surface area contributed by atoms with Crippen LogP contribution in [0.1, 0.15) is 62.1 Å². The van der Waals surface area contributed by atoms with Crippen molar-refractivity contribution in [1.29, 1.82) is 0 Å². The van der Waals surface area contributed by atoms with Crippen LogP contribution in [0.4, 0.5) is 0 Å². The molecule has 0 amide bonds. The van der Waals surface area contributed by atoms with Crippen molar-refractivity contribution in [2.75, 3.05) is 34.5 Å². The van der Waals surface area contributed by atoms with E-state index in [0.29, 0.717) is 0 Å². The van der Waals surface area contributed by atoms with Gasteiger partial charge in [0.05, 0.1) is 54.7 Å². The van der Waals surface area contributed by atoms with E-state index in [4.69, 9.17) is 14.2 Å². The summed E-state index contributed by atoms with van der Waals surface area (Å²) in [6.07, 6.45) is -1.23. The molecule has 0 aliphatic carbocycles. The number of benzene rings is 3. The summed E-state index contributed by atoms with van der Waals surface area (Å²) in [7, 11) is 3.67. The Hall–Kier alpha value is -5.52. The summed E-state index contributed by atoms with van der Waals surface area (Å²) in [5.74, 6) is -4.18. The van der Waals surface area contributed by atoms with E-state index in [1.807, 2.05) is 0 Å². The molecule has 3 aromatic rings. The lowest BCUT2D eigenvalue weighted by Crippen LogP contribution is -2.31. The van der Waals surface area contributed by atoms with Crippen LogP contribution in [0.5, 0.6) is 0 Å². The first-order valence-electron chi connectivity index (χ1n) is 12.3. The van der Waals surface area contributed by atoms with Crippen LogP contribution < -0.4 is 0 Å². The average molecular weight is 579 g/mol. The molecule has 0 heterocycles. The van der Waals surface area contributed by atoms with Gasteiger partial charge in [-0.1, -0.05) is 0 Å². The number of hydrogen-bond acceptors (Lipinski definition) is 12. The normalized spacial score (nSPS) is 10.3. The molecule has 42 heavy (non-hydrogen) atoms. The molecule has 0 aromatic heterocycles. The first-order chi connectivity index (χ1) is 20.2. The Morgan fingerprint density at radius 3 is 0.929 bits per heavy atom. The van der Waals surface area contributed by atoms with Crippen molar-refractivity contribution in [1.82, 2.24) is 0 Å². The van der Waals surface area contributed by atoms with Gasteiger partial charge in [-0.2, -0.15) is 0 Å². The third kappa shape index (κ3) is 8.24. The first kappa shape index (κ1) is 31.0. The minimum absolute atomic E-state index is 0.0714. The fourth-order valence-electron chi connectivity index (χ4n) is 3.42. The van der Waals surface area contributed by atoms with Gasteiger partial charge in [-0.05, 0) is 72.8 Å². The summed E-state index contributed by atoms with van der Waals surface area (Å²) in [6.45, 7) is -0.976. The van der Waals surface area contributed by atoms with Crippen molar-refractivity contribution in [2.45, 2.75) is 6.10 Å². The van der Waals surface area contributed by atoms with E-state index in [1.54, 1.807) is 0 Å². The van der Waals surface area contributed by atoms with Gasteiger partial charge in [0.2, 0.25) is 0 Å². The topological polar surface area (TPSA) is 158 Å². The van der Waals surface area contributed by atoms with Gasteiger partial charge in [-0.3, -0.25) is 0 Å². The van der Waals surface area contributed by atoms with Crippen molar-refractivity contribution >= 4 is 35.8 Å². The van der Waals surface area contributed by atoms with Crippen LogP contribution >= 0.6 is 0 Å². The summed E-state index contributed by atoms with van der Waals surface area (Å²) in [6, 6.07) is 16.4. The molecule has 0 N–H and O–H groups in total. The van der Waals surface area contributed by atoms with Crippen molar-refractivity contribution < 1.29 is 57.2 Å². The summed E-state index contributed by atoms with van der Waals surface area (Å²) >= 11 is 0. The Morgan fingerprint density at radius 2 is 0.667 bits per heavy atom. The van der Waals surface area contributed by atoms with Crippen LogP contribution in [-0.4, -0.2) is 76.5 Å². The molecule has 0 saturated heterocycles. The molecular formula is C30H26O12. The monoisotopic (exact) mass is 578 g/mol. The Kier molecular flexibility index (Phi) is 10.9. The highest BCUT2D eigenvalue weighted by Gasteiger charge is 2.22. The lowest BCUT2D eigenvalue weighted by atomic mass is 10.1. The molecule has 12 nitrogen and oxygen atoms in total. The fraction of sp³-hybridized carbons (Fsp3) is 0.200. The van der Waals surface area contributed by atoms with Gasteiger partial charge in [0.15, 0.2) is 6.10 Å². The van der Waals surface area contributed by atoms with Crippen LogP contribution in [0.25, 0.3) is 0 Å². The van der Waals surface area contributed by atoms with Gasteiger partial charge in [0.1, 0.15) is 13.2 Å². The average Bonchev–Trinajstić information content (AvgIpc) is 3.04. The zero-order valence-corrected chi connectivity index (χ0v) is 22.8. The summed E-state index contributed by atoms with van der Waals surface area (Å²) in [5, 5.41) is 0. The number of rotatable bonds is 11. The fourth-order valence-corrected chi connectivity index (χ4v) is 3.42. The molecule has 0 radical (unpaired) electrons. The second-order valence-electron chi connectivity index (χ2n) is 8.43. The standard InChI is InChI=1S/C30H26O12/c1-37-25(31)18-4-10-21(11-5-18)28(34)40-16-24(42-30(36)23-14-8-20(9-15-23)27(33)39-3)17-41-29(35)22-12-6-19(7-13-22)26(32)38-2/h4-15,24H,16-17H2,1-3H3. The summed E-state index contributed by atoms with van der Waals surface area (Å²) in [4.78, 5) is 72.9. The highest BCUT2D eigenvalue weighted by Crippen LogP contribution is 2.13. The van der Waals surface area contributed by atoms with Gasteiger partial charge in [0, 0.05) is 0 Å². The van der Waals surface area contributed by atoms with E-state index in [2.05, 4.69) is 14.2 Å². The van der Waals surface area contributed by atoms with Gasteiger partial charge >= 0.3 is 35.8 Å². The predicted octanol–water partition coefficient (Wildman–Crippen LogP) is 3.29. The molecule has 0 saturated carbocycles. The Morgan fingerprint density at radius 1 is 0.429 bits per heavy atom. The van der Waals surface area contributed by atoms with Crippen molar-refractivity contribution in [3.05, 3.63) is 106 Å². The maximum absolute atomic E-state index is 12.8. The number of hydrogen-bond donors (Lipinski definition) is 0. The predicted molar refractivity (Wildman–Crippen MR) is 143 cm³/mol. The smallest absolute Gasteiger partial charge is 0.338 e. The quantitative estimate of drug-likeness (QED) is 0.242. The van der Waals surface area contributed by atoms with E-state index in [1.165, 1.54) is 94.1 Å². The van der Waals surface area contributed by atoms with Gasteiger partial charge < -0.3 is 28.4 Å². The third-order valence-corrected chi connectivity index (χ3v) is 5.70.